The van der Waals surface area contributed by atoms with Gasteiger partial charge in [0.05, 0.1) is 38.2 Å². The molecule has 1 aliphatic carbocycles. The number of morpholine rings is 1. The Kier molecular flexibility index (Phi) is 17.4. The second kappa shape index (κ2) is 23.3. The van der Waals surface area contributed by atoms with Crippen molar-refractivity contribution in [1.82, 2.24) is 4.90 Å². The Balaban J connectivity index is 0.000000218. The van der Waals surface area contributed by atoms with Crippen LogP contribution in [0.2, 0.25) is 0 Å². The van der Waals surface area contributed by atoms with Crippen molar-refractivity contribution in [2.75, 3.05) is 32.5 Å². The Morgan fingerprint density at radius 3 is 1.74 bits per heavy atom. The van der Waals surface area contributed by atoms with E-state index in [0.717, 1.165) is 37.7 Å². The maximum absolute atomic E-state index is 11.1. The van der Waals surface area contributed by atoms with E-state index in [0.29, 0.717) is 39.1 Å². The van der Waals surface area contributed by atoms with Gasteiger partial charge >= 0.3 is 11.9 Å². The molecular formula is C52H61NO7P+. The fourth-order valence-corrected chi connectivity index (χ4v) is 13.2. The molecule has 2 aliphatic rings. The van der Waals surface area contributed by atoms with Crippen LogP contribution in [0.3, 0.4) is 0 Å². The largest absolute Gasteiger partial charge is 0.481 e. The number of aliphatic carboxylic acids is 2. The van der Waals surface area contributed by atoms with E-state index in [9.17, 15) is 14.7 Å². The number of carbonyl (C=O) groups is 2. The topological polar surface area (TPSA) is 117 Å². The molecule has 61 heavy (non-hydrogen) atoms. The summed E-state index contributed by atoms with van der Waals surface area (Å²) in [5, 5.41) is 32.9. The van der Waals surface area contributed by atoms with Gasteiger partial charge in [-0.15, -0.1) is 0 Å². The molecule has 3 N–H and O–H groups in total. The van der Waals surface area contributed by atoms with E-state index in [4.69, 9.17) is 19.7 Å². The molecule has 1 saturated carbocycles. The third-order valence-electron chi connectivity index (χ3n) is 11.9. The number of nitrogens with zero attached hydrogens (tertiary/aromatic N) is 1. The molecular weight excluding hydrogens is 782 g/mol. The quantitative estimate of drug-likeness (QED) is 0.0593. The summed E-state index contributed by atoms with van der Waals surface area (Å²) >= 11 is 0. The Morgan fingerprint density at radius 1 is 0.705 bits per heavy atom. The second-order valence-corrected chi connectivity index (χ2v) is 19.7. The smallest absolute Gasteiger partial charge is 0.303 e. The van der Waals surface area contributed by atoms with E-state index >= 15 is 0 Å². The van der Waals surface area contributed by atoms with Crippen molar-refractivity contribution in [3.63, 3.8) is 0 Å². The number of rotatable bonds is 18. The maximum Gasteiger partial charge on any atom is 0.303 e. The lowest BCUT2D eigenvalue weighted by atomic mass is 9.93. The van der Waals surface area contributed by atoms with Crippen LogP contribution >= 0.6 is 7.26 Å². The summed E-state index contributed by atoms with van der Waals surface area (Å²) < 4.78 is 12.0. The van der Waals surface area contributed by atoms with Crippen molar-refractivity contribution in [3.8, 4) is 11.1 Å². The van der Waals surface area contributed by atoms with Gasteiger partial charge in [0.25, 0.3) is 0 Å². The van der Waals surface area contributed by atoms with E-state index in [1.807, 2.05) is 24.3 Å². The predicted octanol–water partition coefficient (Wildman–Crippen LogP) is 8.68. The molecule has 0 aromatic heterocycles. The van der Waals surface area contributed by atoms with Crippen LogP contribution in [0.5, 0.6) is 0 Å². The lowest BCUT2D eigenvalue weighted by Crippen LogP contribution is -2.50. The number of benzene rings is 5. The van der Waals surface area contributed by atoms with Crippen molar-refractivity contribution in [2.45, 2.75) is 76.7 Å². The Labute approximate surface area is 362 Å². The van der Waals surface area contributed by atoms with Gasteiger partial charge in [-0.25, -0.2) is 0 Å². The van der Waals surface area contributed by atoms with Crippen LogP contribution < -0.4 is 15.9 Å². The number of hydrogen-bond donors (Lipinski definition) is 3. The van der Waals surface area contributed by atoms with Crippen LogP contribution in [0.4, 0.5) is 0 Å². The van der Waals surface area contributed by atoms with Gasteiger partial charge in [-0.05, 0) is 85.7 Å². The summed E-state index contributed by atoms with van der Waals surface area (Å²) in [5.41, 5.74) is 4.78. The number of ether oxygens (including phenoxy) is 2. The van der Waals surface area contributed by atoms with Crippen molar-refractivity contribution in [1.29, 1.82) is 0 Å². The highest BCUT2D eigenvalue weighted by Gasteiger charge is 2.46. The van der Waals surface area contributed by atoms with E-state index < -0.39 is 25.3 Å². The summed E-state index contributed by atoms with van der Waals surface area (Å²) in [6.45, 7) is 5.68. The second-order valence-electron chi connectivity index (χ2n) is 16.0. The van der Waals surface area contributed by atoms with Crippen molar-refractivity contribution in [2.24, 2.45) is 5.92 Å². The standard InChI is InChI=1S/C30H39NO5.C22H21O2P/c1-22-8-12-24(13-9-22)25-14-10-23(11-15-25)21-36-28-20-27(32)30(31-16-18-35-19-17-31)26(28)6-4-2-3-5-7-29(33)34;23-22(24)17-10-18-25(19-11-4-1-5-12-19,20-13-6-2-7-14-20)21-15-8-3-9-16-21/h2-3,8-15,26-28,30,32H,4-7,16-21H2,1H3,(H,33,34);1-9,11-16H,10,17-18H2/p+1/b3-2-;/t26-,27+,28-,30+;/m0./s1. The first-order valence-electron chi connectivity index (χ1n) is 21.7. The zero-order valence-electron chi connectivity index (χ0n) is 35.3. The molecule has 0 amide bonds. The minimum atomic E-state index is -1.87. The zero-order valence-corrected chi connectivity index (χ0v) is 36.2. The number of carboxylic acids is 2. The van der Waals surface area contributed by atoms with Crippen LogP contribution in [0.1, 0.15) is 56.1 Å². The van der Waals surface area contributed by atoms with Crippen LogP contribution in [-0.4, -0.2) is 82.9 Å². The summed E-state index contributed by atoms with van der Waals surface area (Å²) in [4.78, 5) is 24.2. The van der Waals surface area contributed by atoms with Gasteiger partial charge in [-0.3, -0.25) is 14.5 Å². The van der Waals surface area contributed by atoms with Crippen molar-refractivity contribution < 1.29 is 34.4 Å². The highest BCUT2D eigenvalue weighted by atomic mass is 31.2. The molecule has 0 unspecified atom stereocenters. The Bertz CT molecular complexity index is 1990. The normalized spacial score (nSPS) is 19.3. The van der Waals surface area contributed by atoms with Crippen LogP contribution in [-0.2, 0) is 25.7 Å². The highest BCUT2D eigenvalue weighted by Crippen LogP contribution is 2.56. The first-order chi connectivity index (χ1) is 29.7. The molecule has 5 aromatic carbocycles. The minimum Gasteiger partial charge on any atom is -0.481 e. The van der Waals surface area contributed by atoms with Gasteiger partial charge < -0.3 is 24.8 Å². The molecule has 8 nitrogen and oxygen atoms in total. The predicted molar refractivity (Wildman–Crippen MR) is 248 cm³/mol. The molecule has 1 saturated heterocycles. The van der Waals surface area contributed by atoms with Gasteiger partial charge in [0.15, 0.2) is 0 Å². The number of carboxylic acid groups (broad SMARTS) is 2. The molecule has 1 heterocycles. The fraction of sp³-hybridized carbons (Fsp3) is 0.346. The van der Waals surface area contributed by atoms with E-state index in [1.54, 1.807) is 0 Å². The van der Waals surface area contributed by atoms with Gasteiger partial charge in [0, 0.05) is 44.3 Å². The van der Waals surface area contributed by atoms with Crippen LogP contribution in [0.15, 0.2) is 152 Å². The minimum absolute atomic E-state index is 0.0166. The SMILES string of the molecule is Cc1ccc(-c2ccc(CO[C@H]3C[C@@H](O)[C@H](N4CCOCC4)[C@H]3CC/C=C\CCC(=O)O)cc2)cc1.O=C(O)CCC[P+](c1ccccc1)(c1ccccc1)c1ccccc1. The monoisotopic (exact) mass is 842 g/mol. The number of aliphatic hydroxyl groups excluding tert-OH is 1. The lowest BCUT2D eigenvalue weighted by molar-refractivity contribution is -0.138. The van der Waals surface area contributed by atoms with Crippen molar-refractivity contribution >= 4 is 35.1 Å². The first-order valence-corrected chi connectivity index (χ1v) is 23.6. The molecule has 0 radical (unpaired) electrons. The van der Waals surface area contributed by atoms with Crippen LogP contribution in [0, 0.1) is 12.8 Å². The first kappa shape index (κ1) is 45.6. The Morgan fingerprint density at radius 2 is 1.21 bits per heavy atom. The molecule has 5 aromatic rings. The molecule has 2 fully saturated rings. The van der Waals surface area contributed by atoms with E-state index in [-0.39, 0.29) is 30.9 Å². The fourth-order valence-electron chi connectivity index (χ4n) is 8.82. The Hall–Kier alpha value is -4.95. The van der Waals surface area contributed by atoms with E-state index in [1.165, 1.54) is 32.6 Å². The van der Waals surface area contributed by atoms with Gasteiger partial charge in [0.1, 0.15) is 23.2 Å². The van der Waals surface area contributed by atoms with Crippen LogP contribution in [0.25, 0.3) is 11.1 Å². The van der Waals surface area contributed by atoms with E-state index in [2.05, 4.69) is 139 Å². The number of allylic oxidation sites excluding steroid dienone is 2. The third kappa shape index (κ3) is 12.8. The zero-order chi connectivity index (χ0) is 42.9. The molecule has 1 aliphatic heterocycles. The highest BCUT2D eigenvalue weighted by molar-refractivity contribution is 7.95. The summed E-state index contributed by atoms with van der Waals surface area (Å²) in [6.07, 6.45) is 8.42. The maximum atomic E-state index is 11.1. The molecule has 0 spiro atoms. The van der Waals surface area contributed by atoms with Gasteiger partial charge in [-0.2, -0.15) is 0 Å². The summed E-state index contributed by atoms with van der Waals surface area (Å²) in [6, 6.07) is 48.8. The average molecular weight is 843 g/mol. The molecule has 320 valence electrons. The molecule has 0 bridgehead atoms. The van der Waals surface area contributed by atoms with Gasteiger partial charge in [-0.1, -0.05) is 121 Å². The molecule has 9 heteroatoms. The number of hydrogen-bond acceptors (Lipinski definition) is 6. The number of aliphatic hydroxyl groups is 1. The number of aryl methyl sites for hydroxylation is 1. The average Bonchev–Trinajstić information content (AvgIpc) is 3.61. The van der Waals surface area contributed by atoms with Crippen molar-refractivity contribution in [3.05, 3.63) is 163 Å². The third-order valence-corrected chi connectivity index (χ3v) is 16.4. The summed E-state index contributed by atoms with van der Waals surface area (Å²) in [7, 11) is -1.87. The van der Waals surface area contributed by atoms with Gasteiger partial charge in [0.2, 0.25) is 0 Å². The molecule has 7 rings (SSSR count). The summed E-state index contributed by atoms with van der Waals surface area (Å²) in [5.74, 6) is -1.28. The molecule has 4 atom stereocenters. The lowest BCUT2D eigenvalue weighted by Gasteiger charge is -2.38.